The number of anilines is 2. The summed E-state index contributed by atoms with van der Waals surface area (Å²) in [6.07, 6.45) is 0. The summed E-state index contributed by atoms with van der Waals surface area (Å²) in [5.41, 5.74) is 8.80. The molecule has 2 aromatic carbocycles. The Morgan fingerprint density at radius 3 is 2.76 bits per heavy atom. The number of aryl methyl sites for hydroxylation is 1. The number of benzene rings is 2. The molecule has 0 saturated heterocycles. The Bertz CT molecular complexity index is 839. The van der Waals surface area contributed by atoms with Gasteiger partial charge in [0.2, 0.25) is 0 Å². The van der Waals surface area contributed by atoms with Crippen LogP contribution in [0.4, 0.5) is 11.4 Å². The third-order valence-corrected chi connectivity index (χ3v) is 4.05. The molecule has 0 bridgehead atoms. The molecule has 0 radical (unpaired) electrons. The van der Waals surface area contributed by atoms with Crippen molar-refractivity contribution in [3.63, 3.8) is 0 Å². The zero-order chi connectivity index (χ0) is 15.0. The highest BCUT2D eigenvalue weighted by atomic mass is 79.9. The maximum Gasteiger partial charge on any atom is 0.291 e. The summed E-state index contributed by atoms with van der Waals surface area (Å²) in [5, 5.41) is 3.62. The Morgan fingerprint density at radius 2 is 2.00 bits per heavy atom. The van der Waals surface area contributed by atoms with Gasteiger partial charge in [-0.1, -0.05) is 22.0 Å². The van der Waals surface area contributed by atoms with E-state index in [1.807, 2.05) is 25.1 Å². The molecule has 3 N–H and O–H groups in total. The van der Waals surface area contributed by atoms with Gasteiger partial charge in [0.15, 0.2) is 5.76 Å². The van der Waals surface area contributed by atoms with Crippen LogP contribution in [-0.2, 0) is 0 Å². The molecule has 0 saturated carbocycles. The lowest BCUT2D eigenvalue weighted by molar-refractivity contribution is 0.0998. The highest BCUT2D eigenvalue weighted by molar-refractivity contribution is 9.10. The molecule has 0 fully saturated rings. The minimum atomic E-state index is -0.291. The molecular weight excluding hydrogens is 332 g/mol. The van der Waals surface area contributed by atoms with Gasteiger partial charge in [0, 0.05) is 21.2 Å². The Hall–Kier alpha value is -2.27. The first-order valence-corrected chi connectivity index (χ1v) is 7.19. The van der Waals surface area contributed by atoms with Gasteiger partial charge in [-0.25, -0.2) is 0 Å². The van der Waals surface area contributed by atoms with Gasteiger partial charge in [-0.05, 0) is 48.9 Å². The second-order valence-corrected chi connectivity index (χ2v) is 5.68. The number of fused-ring (bicyclic) bond motifs is 1. The number of furan rings is 1. The number of carbonyl (C=O) groups is 1. The van der Waals surface area contributed by atoms with Crippen LogP contribution in [-0.4, -0.2) is 5.91 Å². The normalized spacial score (nSPS) is 10.8. The summed E-state index contributed by atoms with van der Waals surface area (Å²) in [6.45, 7) is 1.99. The molecule has 0 spiro atoms. The molecule has 1 amide bonds. The fraction of sp³-hybridized carbons (Fsp3) is 0.0625. The number of rotatable bonds is 2. The Kier molecular flexibility index (Phi) is 3.43. The average Bonchev–Trinajstić information content (AvgIpc) is 2.86. The van der Waals surface area contributed by atoms with Gasteiger partial charge in [-0.15, -0.1) is 0 Å². The molecule has 0 aliphatic carbocycles. The summed E-state index contributed by atoms with van der Waals surface area (Å²) in [4.78, 5) is 12.2. The lowest BCUT2D eigenvalue weighted by Crippen LogP contribution is -2.10. The standard InChI is InChI=1S/C16H13BrN2O2/c1-9-2-4-12(8-13(9)17)19-16(20)15-7-10-6-11(18)3-5-14(10)21-15/h2-8H,18H2,1H3,(H,19,20). The van der Waals surface area contributed by atoms with E-state index in [1.165, 1.54) is 0 Å². The minimum absolute atomic E-state index is 0.257. The van der Waals surface area contributed by atoms with Gasteiger partial charge >= 0.3 is 0 Å². The van der Waals surface area contributed by atoms with E-state index in [-0.39, 0.29) is 11.7 Å². The number of carbonyl (C=O) groups excluding carboxylic acids is 1. The fourth-order valence-corrected chi connectivity index (χ4v) is 2.42. The summed E-state index contributed by atoms with van der Waals surface area (Å²) < 4.78 is 6.47. The number of hydrogen-bond donors (Lipinski definition) is 2. The van der Waals surface area contributed by atoms with Crippen LogP contribution in [0.3, 0.4) is 0 Å². The highest BCUT2D eigenvalue weighted by Crippen LogP contribution is 2.24. The lowest BCUT2D eigenvalue weighted by atomic mass is 10.2. The van der Waals surface area contributed by atoms with E-state index in [9.17, 15) is 4.79 Å². The van der Waals surface area contributed by atoms with Gasteiger partial charge in [0.1, 0.15) is 5.58 Å². The van der Waals surface area contributed by atoms with Crippen molar-refractivity contribution >= 4 is 44.2 Å². The zero-order valence-electron chi connectivity index (χ0n) is 11.3. The predicted molar refractivity (Wildman–Crippen MR) is 87.5 cm³/mol. The van der Waals surface area contributed by atoms with Gasteiger partial charge in [0.05, 0.1) is 0 Å². The minimum Gasteiger partial charge on any atom is -0.451 e. The van der Waals surface area contributed by atoms with E-state index >= 15 is 0 Å². The molecule has 106 valence electrons. The van der Waals surface area contributed by atoms with Crippen molar-refractivity contribution in [2.45, 2.75) is 6.92 Å². The smallest absolute Gasteiger partial charge is 0.291 e. The molecular formula is C16H13BrN2O2. The van der Waals surface area contributed by atoms with Gasteiger partial charge in [-0.3, -0.25) is 4.79 Å². The molecule has 21 heavy (non-hydrogen) atoms. The lowest BCUT2D eigenvalue weighted by Gasteiger charge is -2.05. The van der Waals surface area contributed by atoms with Crippen LogP contribution >= 0.6 is 15.9 Å². The number of nitrogen functional groups attached to an aromatic ring is 1. The summed E-state index contributed by atoms with van der Waals surface area (Å²) in [6, 6.07) is 12.6. The Morgan fingerprint density at radius 1 is 1.19 bits per heavy atom. The monoisotopic (exact) mass is 344 g/mol. The molecule has 4 nitrogen and oxygen atoms in total. The first-order chi connectivity index (χ1) is 10.0. The first kappa shape index (κ1) is 13.7. The van der Waals surface area contributed by atoms with Crippen molar-refractivity contribution in [2.75, 3.05) is 11.1 Å². The quantitative estimate of drug-likeness (QED) is 0.679. The van der Waals surface area contributed by atoms with E-state index in [2.05, 4.69) is 21.2 Å². The van der Waals surface area contributed by atoms with Crippen molar-refractivity contribution < 1.29 is 9.21 Å². The van der Waals surface area contributed by atoms with Crippen LogP contribution in [0.25, 0.3) is 11.0 Å². The van der Waals surface area contributed by atoms with Gasteiger partial charge in [0.25, 0.3) is 5.91 Å². The maximum atomic E-state index is 12.2. The first-order valence-electron chi connectivity index (χ1n) is 6.39. The van der Waals surface area contributed by atoms with E-state index in [1.54, 1.807) is 24.3 Å². The predicted octanol–water partition coefficient (Wildman–Crippen LogP) is 4.34. The number of nitrogens with two attached hydrogens (primary N) is 1. The summed E-state index contributed by atoms with van der Waals surface area (Å²) >= 11 is 3.44. The van der Waals surface area contributed by atoms with Crippen LogP contribution in [0, 0.1) is 6.92 Å². The molecule has 3 rings (SSSR count). The second-order valence-electron chi connectivity index (χ2n) is 4.83. The molecule has 1 aromatic heterocycles. The molecule has 0 atom stereocenters. The third-order valence-electron chi connectivity index (χ3n) is 3.19. The van der Waals surface area contributed by atoms with Crippen molar-refractivity contribution in [3.8, 4) is 0 Å². The van der Waals surface area contributed by atoms with Crippen LogP contribution in [0.1, 0.15) is 16.1 Å². The number of amides is 1. The van der Waals surface area contributed by atoms with Crippen molar-refractivity contribution in [2.24, 2.45) is 0 Å². The molecule has 0 aliphatic rings. The van der Waals surface area contributed by atoms with Crippen molar-refractivity contribution in [3.05, 3.63) is 58.3 Å². The van der Waals surface area contributed by atoms with Crippen molar-refractivity contribution in [1.29, 1.82) is 0 Å². The van der Waals surface area contributed by atoms with E-state index in [0.717, 1.165) is 15.4 Å². The Labute approximate surface area is 130 Å². The molecule has 0 unspecified atom stereocenters. The van der Waals surface area contributed by atoms with Crippen LogP contribution in [0.2, 0.25) is 0 Å². The second kappa shape index (κ2) is 5.26. The van der Waals surface area contributed by atoms with Crippen molar-refractivity contribution in [1.82, 2.24) is 0 Å². The largest absolute Gasteiger partial charge is 0.451 e. The molecule has 3 aromatic rings. The van der Waals surface area contributed by atoms with Gasteiger partial charge in [-0.2, -0.15) is 0 Å². The Balaban J connectivity index is 1.87. The number of halogens is 1. The average molecular weight is 345 g/mol. The zero-order valence-corrected chi connectivity index (χ0v) is 12.9. The summed E-state index contributed by atoms with van der Waals surface area (Å²) in [5.74, 6) is -0.0344. The summed E-state index contributed by atoms with van der Waals surface area (Å²) in [7, 11) is 0. The SMILES string of the molecule is Cc1ccc(NC(=O)c2cc3cc(N)ccc3o2)cc1Br. The van der Waals surface area contributed by atoms with Crippen LogP contribution in [0.5, 0.6) is 0 Å². The van der Waals surface area contributed by atoms with Crippen LogP contribution < -0.4 is 11.1 Å². The van der Waals surface area contributed by atoms with E-state index < -0.39 is 0 Å². The fourth-order valence-electron chi connectivity index (χ4n) is 2.04. The molecule has 1 heterocycles. The van der Waals surface area contributed by atoms with E-state index in [0.29, 0.717) is 17.0 Å². The molecule has 0 aliphatic heterocycles. The maximum absolute atomic E-state index is 12.2. The number of hydrogen-bond acceptors (Lipinski definition) is 3. The number of nitrogens with one attached hydrogen (secondary N) is 1. The van der Waals surface area contributed by atoms with Gasteiger partial charge < -0.3 is 15.5 Å². The van der Waals surface area contributed by atoms with Crippen LogP contribution in [0.15, 0.2) is 51.4 Å². The molecule has 5 heteroatoms. The topological polar surface area (TPSA) is 68.3 Å². The van der Waals surface area contributed by atoms with E-state index in [4.69, 9.17) is 10.2 Å². The highest BCUT2D eigenvalue weighted by Gasteiger charge is 2.13. The third kappa shape index (κ3) is 2.78.